The van der Waals surface area contributed by atoms with Gasteiger partial charge in [-0.3, -0.25) is 0 Å². The Bertz CT molecular complexity index is 822. The highest BCUT2D eigenvalue weighted by Crippen LogP contribution is 2.21. The molecule has 3 nitrogen and oxygen atoms in total. The summed E-state index contributed by atoms with van der Waals surface area (Å²) >= 11 is 5.94. The molecule has 0 aliphatic carbocycles. The largest absolute Gasteiger partial charge is 0.402 e. The van der Waals surface area contributed by atoms with Crippen LogP contribution in [0.25, 0.3) is 6.08 Å². The molecule has 110 valence electrons. The van der Waals surface area contributed by atoms with Crippen molar-refractivity contribution in [3.63, 3.8) is 0 Å². The number of carbonyl (C=O) groups excluding carboxylic acids is 1. The molecule has 0 atom stereocenters. The number of aryl methyl sites for hydroxylation is 2. The van der Waals surface area contributed by atoms with Gasteiger partial charge < -0.3 is 4.74 Å². The van der Waals surface area contributed by atoms with E-state index >= 15 is 0 Å². The van der Waals surface area contributed by atoms with Crippen molar-refractivity contribution in [3.8, 4) is 0 Å². The second-order valence-electron chi connectivity index (χ2n) is 5.19. The van der Waals surface area contributed by atoms with Gasteiger partial charge in [0.25, 0.3) is 0 Å². The van der Waals surface area contributed by atoms with E-state index in [0.717, 1.165) is 16.7 Å². The summed E-state index contributed by atoms with van der Waals surface area (Å²) in [6.45, 7) is 4.05. The number of carbonyl (C=O) groups is 1. The minimum absolute atomic E-state index is 0.274. The van der Waals surface area contributed by atoms with Crippen LogP contribution in [0, 0.1) is 13.8 Å². The molecule has 0 spiro atoms. The van der Waals surface area contributed by atoms with E-state index in [0.29, 0.717) is 10.9 Å². The van der Waals surface area contributed by atoms with Gasteiger partial charge in [0.05, 0.1) is 0 Å². The second-order valence-corrected chi connectivity index (χ2v) is 5.63. The second kappa shape index (κ2) is 5.78. The molecule has 3 rings (SSSR count). The predicted molar refractivity (Wildman–Crippen MR) is 88.0 cm³/mol. The van der Waals surface area contributed by atoms with Gasteiger partial charge in [0.2, 0.25) is 5.90 Å². The molecule has 0 bridgehead atoms. The van der Waals surface area contributed by atoms with Crippen molar-refractivity contribution in [2.24, 2.45) is 4.99 Å². The maximum Gasteiger partial charge on any atom is 0.363 e. The molecular weight excluding hydrogens is 298 g/mol. The Morgan fingerprint density at radius 1 is 1.09 bits per heavy atom. The Morgan fingerprint density at radius 3 is 2.64 bits per heavy atom. The molecule has 2 aromatic rings. The third-order valence-electron chi connectivity index (χ3n) is 3.53. The first-order valence-electron chi connectivity index (χ1n) is 6.89. The van der Waals surface area contributed by atoms with Gasteiger partial charge in [0.1, 0.15) is 0 Å². The molecule has 2 aromatic carbocycles. The van der Waals surface area contributed by atoms with Crippen molar-refractivity contribution in [3.05, 3.63) is 75.4 Å². The van der Waals surface area contributed by atoms with Gasteiger partial charge >= 0.3 is 5.97 Å². The molecule has 0 fully saturated rings. The smallest absolute Gasteiger partial charge is 0.363 e. The molecule has 4 heteroatoms. The molecule has 22 heavy (non-hydrogen) atoms. The standard InChI is InChI=1S/C18H14ClNO2/c1-11-6-7-14(8-12(11)2)17-20-16(18(21)22-17)10-13-4-3-5-15(19)9-13/h3-10H,1-2H3/b16-10-. The maximum atomic E-state index is 12.0. The topological polar surface area (TPSA) is 38.7 Å². The van der Waals surface area contributed by atoms with Crippen molar-refractivity contribution in [1.29, 1.82) is 0 Å². The third-order valence-corrected chi connectivity index (χ3v) is 3.76. The van der Waals surface area contributed by atoms with Crippen LogP contribution in [-0.2, 0) is 9.53 Å². The SMILES string of the molecule is Cc1ccc(C2=N/C(=C\c3cccc(Cl)c3)C(=O)O2)cc1C. The monoisotopic (exact) mass is 311 g/mol. The van der Waals surface area contributed by atoms with Crippen molar-refractivity contribution in [2.75, 3.05) is 0 Å². The van der Waals surface area contributed by atoms with Crippen LogP contribution < -0.4 is 0 Å². The van der Waals surface area contributed by atoms with Gasteiger partial charge in [-0.05, 0) is 60.9 Å². The Kier molecular flexibility index (Phi) is 3.82. The molecule has 0 radical (unpaired) electrons. The zero-order valence-corrected chi connectivity index (χ0v) is 13.0. The lowest BCUT2D eigenvalue weighted by Crippen LogP contribution is -2.05. The molecule has 0 saturated carbocycles. The number of benzene rings is 2. The van der Waals surface area contributed by atoms with Crippen molar-refractivity contribution in [1.82, 2.24) is 0 Å². The van der Waals surface area contributed by atoms with Gasteiger partial charge in [0.15, 0.2) is 5.70 Å². The van der Waals surface area contributed by atoms with E-state index in [2.05, 4.69) is 4.99 Å². The minimum atomic E-state index is -0.451. The summed E-state index contributed by atoms with van der Waals surface area (Å²) in [7, 11) is 0. The lowest BCUT2D eigenvalue weighted by Gasteiger charge is -2.03. The first-order chi connectivity index (χ1) is 10.5. The highest BCUT2D eigenvalue weighted by atomic mass is 35.5. The Balaban J connectivity index is 1.96. The van der Waals surface area contributed by atoms with Crippen molar-refractivity contribution >= 4 is 29.5 Å². The number of esters is 1. The summed E-state index contributed by atoms with van der Waals surface area (Å²) in [5.41, 5.74) is 4.19. The number of ether oxygens (including phenoxy) is 1. The van der Waals surface area contributed by atoms with Crippen molar-refractivity contribution < 1.29 is 9.53 Å². The molecule has 0 aromatic heterocycles. The van der Waals surface area contributed by atoms with Crippen LogP contribution in [0.5, 0.6) is 0 Å². The van der Waals surface area contributed by atoms with Gasteiger partial charge in [-0.15, -0.1) is 0 Å². The van der Waals surface area contributed by atoms with E-state index in [4.69, 9.17) is 16.3 Å². The number of halogens is 1. The Hall–Kier alpha value is -2.39. The molecule has 0 amide bonds. The number of cyclic esters (lactones) is 1. The van der Waals surface area contributed by atoms with Gasteiger partial charge in [-0.2, -0.15) is 0 Å². The molecule has 1 aliphatic heterocycles. The van der Waals surface area contributed by atoms with E-state index in [1.165, 1.54) is 5.56 Å². The van der Waals surface area contributed by atoms with Crippen LogP contribution in [-0.4, -0.2) is 11.9 Å². The Morgan fingerprint density at radius 2 is 1.91 bits per heavy atom. The molecule has 1 heterocycles. The number of aliphatic imine (C=N–C) groups is 1. The van der Waals surface area contributed by atoms with Gasteiger partial charge in [-0.25, -0.2) is 9.79 Å². The highest BCUT2D eigenvalue weighted by molar-refractivity contribution is 6.30. The van der Waals surface area contributed by atoms with E-state index in [1.54, 1.807) is 18.2 Å². The summed E-state index contributed by atoms with van der Waals surface area (Å²) in [5.74, 6) is -0.116. The molecule has 0 saturated heterocycles. The fourth-order valence-electron chi connectivity index (χ4n) is 2.16. The van der Waals surface area contributed by atoms with Crippen LogP contribution in [0.4, 0.5) is 0 Å². The fourth-order valence-corrected chi connectivity index (χ4v) is 2.36. The van der Waals surface area contributed by atoms with Crippen LogP contribution in [0.3, 0.4) is 0 Å². The number of hydrogen-bond acceptors (Lipinski definition) is 3. The predicted octanol–water partition coefficient (Wildman–Crippen LogP) is 4.30. The highest BCUT2D eigenvalue weighted by Gasteiger charge is 2.24. The lowest BCUT2D eigenvalue weighted by atomic mass is 10.1. The summed E-state index contributed by atoms with van der Waals surface area (Å²) in [5, 5.41) is 0.610. The van der Waals surface area contributed by atoms with E-state index in [-0.39, 0.29) is 5.70 Å². The normalized spacial score (nSPS) is 15.9. The summed E-state index contributed by atoms with van der Waals surface area (Å²) in [4.78, 5) is 16.3. The number of nitrogens with zero attached hydrogens (tertiary/aromatic N) is 1. The van der Waals surface area contributed by atoms with E-state index in [1.807, 2.05) is 44.2 Å². The van der Waals surface area contributed by atoms with Crippen LogP contribution in [0.15, 0.2) is 53.2 Å². The van der Waals surface area contributed by atoms with Crippen LogP contribution in [0.2, 0.25) is 5.02 Å². The number of hydrogen-bond donors (Lipinski definition) is 0. The Labute approximate surface area is 133 Å². The summed E-state index contributed by atoms with van der Waals surface area (Å²) in [6.07, 6.45) is 1.67. The van der Waals surface area contributed by atoms with Crippen LogP contribution >= 0.6 is 11.6 Å². The molecule has 0 N–H and O–H groups in total. The van der Waals surface area contributed by atoms with Crippen LogP contribution in [0.1, 0.15) is 22.3 Å². The first kappa shape index (κ1) is 14.5. The molecule has 1 aliphatic rings. The summed E-state index contributed by atoms with van der Waals surface area (Å²) in [6, 6.07) is 13.1. The average Bonchev–Trinajstić information content (AvgIpc) is 2.83. The minimum Gasteiger partial charge on any atom is -0.402 e. The quantitative estimate of drug-likeness (QED) is 0.612. The average molecular weight is 312 g/mol. The summed E-state index contributed by atoms with van der Waals surface area (Å²) < 4.78 is 5.27. The first-order valence-corrected chi connectivity index (χ1v) is 7.26. The molecular formula is C18H14ClNO2. The third kappa shape index (κ3) is 2.95. The van der Waals surface area contributed by atoms with Gasteiger partial charge in [0, 0.05) is 10.6 Å². The maximum absolute atomic E-state index is 12.0. The molecule has 0 unspecified atom stereocenters. The zero-order valence-electron chi connectivity index (χ0n) is 12.3. The fraction of sp³-hybridized carbons (Fsp3) is 0.111. The van der Waals surface area contributed by atoms with E-state index in [9.17, 15) is 4.79 Å². The van der Waals surface area contributed by atoms with E-state index < -0.39 is 5.97 Å². The lowest BCUT2D eigenvalue weighted by molar-refractivity contribution is -0.129. The number of rotatable bonds is 2. The van der Waals surface area contributed by atoms with Crippen molar-refractivity contribution in [2.45, 2.75) is 13.8 Å². The zero-order chi connectivity index (χ0) is 15.7. The van der Waals surface area contributed by atoms with Gasteiger partial charge in [-0.1, -0.05) is 29.8 Å².